The van der Waals surface area contributed by atoms with Crippen LogP contribution < -0.4 is 0 Å². The summed E-state index contributed by atoms with van der Waals surface area (Å²) in [5.74, 6) is 1.26. The molecule has 0 spiro atoms. The Bertz CT molecular complexity index is 1190. The number of benzene rings is 3. The summed E-state index contributed by atoms with van der Waals surface area (Å²) in [5, 5.41) is 11.0. The fourth-order valence-corrected chi connectivity index (χ4v) is 5.47. The number of hydrogen-bond donors (Lipinski definition) is 2. The third kappa shape index (κ3) is 8.81. The van der Waals surface area contributed by atoms with Gasteiger partial charge < -0.3 is 15.0 Å². The molecule has 1 atom stereocenters. The van der Waals surface area contributed by atoms with Crippen LogP contribution in [0.1, 0.15) is 47.4 Å². The zero-order valence-corrected chi connectivity index (χ0v) is 25.4. The molecule has 5 rings (SSSR count). The number of aliphatic hydroxyl groups is 1. The van der Waals surface area contributed by atoms with Crippen LogP contribution in [0.15, 0.2) is 91.0 Å². The lowest BCUT2D eigenvalue weighted by atomic mass is 9.87. The van der Waals surface area contributed by atoms with Gasteiger partial charge in [0.05, 0.1) is 5.69 Å². The first-order chi connectivity index (χ1) is 18.2. The molecule has 0 saturated carbocycles. The molecule has 1 fully saturated rings. The maximum absolute atomic E-state index is 11.0. The number of halogens is 3. The minimum absolute atomic E-state index is 0. The Morgan fingerprint density at radius 3 is 1.80 bits per heavy atom. The number of aromatic nitrogens is 2. The number of aryl methyl sites for hydroxylation is 1. The Balaban J connectivity index is 0.00000187. The van der Waals surface area contributed by atoms with Gasteiger partial charge in [-0.2, -0.15) is 0 Å². The van der Waals surface area contributed by atoms with Crippen LogP contribution in [0.5, 0.6) is 0 Å². The van der Waals surface area contributed by atoms with E-state index in [0.717, 1.165) is 61.9 Å². The van der Waals surface area contributed by atoms with E-state index in [1.807, 2.05) is 37.3 Å². The smallest absolute Gasteiger partial charge is 0.137 e. The Hall–Kier alpha value is -2.38. The summed E-state index contributed by atoms with van der Waals surface area (Å²) in [6, 6.07) is 31.9. The molecule has 8 heteroatoms. The normalized spacial score (nSPS) is 14.6. The van der Waals surface area contributed by atoms with E-state index in [-0.39, 0.29) is 37.2 Å². The average molecular weight is 604 g/mol. The lowest BCUT2D eigenvalue weighted by molar-refractivity contribution is 0.0699. The number of nitrogens with zero attached hydrogens (tertiary/aromatic N) is 3. The minimum Gasteiger partial charge on any atom is -0.385 e. The van der Waals surface area contributed by atoms with Crippen molar-refractivity contribution < 1.29 is 5.11 Å². The molecule has 3 aromatic carbocycles. The number of rotatable bonds is 10. The second kappa shape index (κ2) is 16.8. The highest BCUT2D eigenvalue weighted by molar-refractivity contribution is 5.86. The molecule has 40 heavy (non-hydrogen) atoms. The average Bonchev–Trinajstić information content (AvgIpc) is 3.35. The number of β-amino-alcohol motifs (C(OH)–C–C–N with tert-alkyl or cyclic N) is 1. The zero-order chi connectivity index (χ0) is 25.5. The third-order valence-corrected chi connectivity index (χ3v) is 7.55. The first-order valence-electron chi connectivity index (χ1n) is 13.5. The molecule has 216 valence electrons. The molecule has 2 heterocycles. The fraction of sp³-hybridized carbons (Fsp3) is 0.344. The van der Waals surface area contributed by atoms with Crippen LogP contribution in [0.4, 0.5) is 0 Å². The molecule has 1 aliphatic rings. The maximum Gasteiger partial charge on any atom is 0.137 e. The fourth-order valence-electron chi connectivity index (χ4n) is 5.47. The number of aromatic amines is 1. The molecule has 5 nitrogen and oxygen atoms in total. The summed E-state index contributed by atoms with van der Waals surface area (Å²) < 4.78 is 0. The van der Waals surface area contributed by atoms with Crippen LogP contribution in [0.3, 0.4) is 0 Å². The Morgan fingerprint density at radius 2 is 1.25 bits per heavy atom. The summed E-state index contributed by atoms with van der Waals surface area (Å²) in [5.41, 5.74) is 5.54. The summed E-state index contributed by atoms with van der Waals surface area (Å²) in [6.45, 7) is 7.78. The minimum atomic E-state index is -0.585. The number of nitrogens with one attached hydrogen (secondary N) is 1. The molecule has 4 aromatic rings. The van der Waals surface area contributed by atoms with Gasteiger partial charge in [-0.15, -0.1) is 37.2 Å². The molecular weight excluding hydrogens is 563 g/mol. The van der Waals surface area contributed by atoms with Crippen molar-refractivity contribution in [2.45, 2.75) is 31.8 Å². The SMILES string of the molecule is Cc1[nH]c(-c2ccccc2)nc1C(O)CN1CCN(CCCC(c2ccccc2)c2ccccc2)CC1.Cl.Cl.Cl. The Labute approximate surface area is 257 Å². The van der Waals surface area contributed by atoms with Crippen LogP contribution in [-0.2, 0) is 0 Å². The summed E-state index contributed by atoms with van der Waals surface area (Å²) in [6.07, 6.45) is 1.73. The number of hydrogen-bond acceptors (Lipinski definition) is 4. The van der Waals surface area contributed by atoms with Gasteiger partial charge in [-0.25, -0.2) is 4.98 Å². The first-order valence-corrected chi connectivity index (χ1v) is 13.5. The van der Waals surface area contributed by atoms with Gasteiger partial charge in [0, 0.05) is 49.9 Å². The zero-order valence-electron chi connectivity index (χ0n) is 23.0. The van der Waals surface area contributed by atoms with Crippen LogP contribution in [0.2, 0.25) is 0 Å². The number of H-pyrrole nitrogens is 1. The van der Waals surface area contributed by atoms with Crippen molar-refractivity contribution in [2.75, 3.05) is 39.3 Å². The molecular formula is C32H41Cl3N4O. The van der Waals surface area contributed by atoms with Gasteiger partial charge in [-0.3, -0.25) is 4.90 Å². The Kier molecular flexibility index (Phi) is 14.2. The molecule has 1 aliphatic heterocycles. The van der Waals surface area contributed by atoms with Gasteiger partial charge in [0.2, 0.25) is 0 Å². The van der Waals surface area contributed by atoms with Gasteiger partial charge in [-0.1, -0.05) is 91.0 Å². The van der Waals surface area contributed by atoms with Crippen LogP contribution >= 0.6 is 37.2 Å². The molecule has 0 bridgehead atoms. The highest BCUT2D eigenvalue weighted by atomic mass is 35.5. The van der Waals surface area contributed by atoms with E-state index in [9.17, 15) is 5.11 Å². The van der Waals surface area contributed by atoms with Gasteiger partial charge in [0.25, 0.3) is 0 Å². The predicted octanol–water partition coefficient (Wildman–Crippen LogP) is 6.91. The summed E-state index contributed by atoms with van der Waals surface area (Å²) >= 11 is 0. The van der Waals surface area contributed by atoms with Crippen molar-refractivity contribution in [3.05, 3.63) is 114 Å². The van der Waals surface area contributed by atoms with E-state index in [2.05, 4.69) is 75.4 Å². The monoisotopic (exact) mass is 602 g/mol. The van der Waals surface area contributed by atoms with E-state index in [4.69, 9.17) is 4.98 Å². The first kappa shape index (κ1) is 33.8. The maximum atomic E-state index is 11.0. The van der Waals surface area contributed by atoms with Crippen molar-refractivity contribution in [1.29, 1.82) is 0 Å². The van der Waals surface area contributed by atoms with Crippen LogP contribution in [0.25, 0.3) is 11.4 Å². The van der Waals surface area contributed by atoms with E-state index >= 15 is 0 Å². The molecule has 1 unspecified atom stereocenters. The van der Waals surface area contributed by atoms with Crippen molar-refractivity contribution in [3.63, 3.8) is 0 Å². The van der Waals surface area contributed by atoms with Crippen molar-refractivity contribution in [3.8, 4) is 11.4 Å². The predicted molar refractivity (Wildman–Crippen MR) is 172 cm³/mol. The second-order valence-electron chi connectivity index (χ2n) is 10.1. The van der Waals surface area contributed by atoms with E-state index in [0.29, 0.717) is 12.5 Å². The summed E-state index contributed by atoms with van der Waals surface area (Å²) in [7, 11) is 0. The van der Waals surface area contributed by atoms with E-state index in [1.165, 1.54) is 17.5 Å². The van der Waals surface area contributed by atoms with E-state index in [1.54, 1.807) is 0 Å². The summed E-state index contributed by atoms with van der Waals surface area (Å²) in [4.78, 5) is 13.0. The van der Waals surface area contributed by atoms with Crippen molar-refractivity contribution in [1.82, 2.24) is 19.8 Å². The highest BCUT2D eigenvalue weighted by Crippen LogP contribution is 2.29. The molecule has 1 saturated heterocycles. The van der Waals surface area contributed by atoms with Gasteiger partial charge >= 0.3 is 0 Å². The lowest BCUT2D eigenvalue weighted by Gasteiger charge is -2.35. The van der Waals surface area contributed by atoms with Gasteiger partial charge in [0.1, 0.15) is 11.9 Å². The van der Waals surface area contributed by atoms with Gasteiger partial charge in [0.15, 0.2) is 0 Å². The third-order valence-electron chi connectivity index (χ3n) is 7.55. The molecule has 2 N–H and O–H groups in total. The van der Waals surface area contributed by atoms with E-state index < -0.39 is 6.10 Å². The van der Waals surface area contributed by atoms with Crippen LogP contribution in [0, 0.1) is 6.92 Å². The molecule has 0 radical (unpaired) electrons. The highest BCUT2D eigenvalue weighted by Gasteiger charge is 2.23. The second-order valence-corrected chi connectivity index (χ2v) is 10.1. The van der Waals surface area contributed by atoms with Crippen molar-refractivity contribution >= 4 is 37.2 Å². The molecule has 0 amide bonds. The quantitative estimate of drug-likeness (QED) is 0.207. The number of aliphatic hydroxyl groups excluding tert-OH is 1. The standard InChI is InChI=1S/C32H38N4O.3ClH/c1-25-31(34-32(33-25)28-16-9-4-10-17-28)30(37)24-36-22-20-35(21-23-36)19-11-18-29(26-12-5-2-6-13-26)27-14-7-3-8-15-27;;;/h2-10,12-17,29-30,37H,11,18-24H2,1H3,(H,33,34);3*1H. The number of piperazine rings is 1. The van der Waals surface area contributed by atoms with Crippen LogP contribution in [-0.4, -0.2) is 64.1 Å². The van der Waals surface area contributed by atoms with Crippen molar-refractivity contribution in [2.24, 2.45) is 0 Å². The number of imidazole rings is 1. The Morgan fingerprint density at radius 1 is 0.750 bits per heavy atom. The van der Waals surface area contributed by atoms with Gasteiger partial charge in [-0.05, 0) is 37.4 Å². The topological polar surface area (TPSA) is 55.4 Å². The lowest BCUT2D eigenvalue weighted by Crippen LogP contribution is -2.47. The largest absolute Gasteiger partial charge is 0.385 e. The molecule has 1 aromatic heterocycles. The molecule has 0 aliphatic carbocycles.